The van der Waals surface area contributed by atoms with Gasteiger partial charge in [-0.25, -0.2) is 0 Å². The minimum absolute atomic E-state index is 0.144. The second-order valence-corrected chi connectivity index (χ2v) is 6.71. The van der Waals surface area contributed by atoms with E-state index in [4.69, 9.17) is 5.73 Å². The molecule has 1 amide bonds. The molecular formula is C16H30N2O. The fourth-order valence-corrected chi connectivity index (χ4v) is 3.87. The molecule has 3 nitrogen and oxygen atoms in total. The van der Waals surface area contributed by atoms with Crippen molar-refractivity contribution >= 4 is 5.91 Å². The molecule has 3 N–H and O–H groups in total. The molecule has 0 radical (unpaired) electrons. The fourth-order valence-electron chi connectivity index (χ4n) is 3.87. The smallest absolute Gasteiger partial charge is 0.223 e. The van der Waals surface area contributed by atoms with Gasteiger partial charge in [0.1, 0.15) is 0 Å². The van der Waals surface area contributed by atoms with Crippen molar-refractivity contribution in [1.29, 1.82) is 0 Å². The van der Waals surface area contributed by atoms with Gasteiger partial charge >= 0.3 is 0 Å². The predicted molar refractivity (Wildman–Crippen MR) is 78.7 cm³/mol. The molecule has 2 aliphatic rings. The van der Waals surface area contributed by atoms with Crippen LogP contribution in [-0.2, 0) is 4.79 Å². The van der Waals surface area contributed by atoms with E-state index in [0.717, 1.165) is 31.6 Å². The van der Waals surface area contributed by atoms with Crippen LogP contribution in [0.2, 0.25) is 0 Å². The van der Waals surface area contributed by atoms with Crippen LogP contribution in [0.1, 0.15) is 65.2 Å². The molecule has 0 aromatic rings. The van der Waals surface area contributed by atoms with E-state index < -0.39 is 0 Å². The fraction of sp³-hybridized carbons (Fsp3) is 0.938. The average Bonchev–Trinajstić information content (AvgIpc) is 2.42. The molecule has 0 spiro atoms. The zero-order valence-electron chi connectivity index (χ0n) is 12.5. The summed E-state index contributed by atoms with van der Waals surface area (Å²) in [5.74, 6) is 1.56. The van der Waals surface area contributed by atoms with Crippen molar-refractivity contribution in [3.05, 3.63) is 0 Å². The second kappa shape index (κ2) is 6.74. The number of carbonyl (C=O) groups is 1. The summed E-state index contributed by atoms with van der Waals surface area (Å²) in [6, 6.07) is 0.621. The molecular weight excluding hydrogens is 236 g/mol. The molecule has 0 saturated heterocycles. The first kappa shape index (κ1) is 14.8. The van der Waals surface area contributed by atoms with E-state index in [9.17, 15) is 4.79 Å². The van der Waals surface area contributed by atoms with Gasteiger partial charge in [-0.1, -0.05) is 39.5 Å². The first-order valence-corrected chi connectivity index (χ1v) is 8.17. The van der Waals surface area contributed by atoms with E-state index in [2.05, 4.69) is 19.2 Å². The second-order valence-electron chi connectivity index (χ2n) is 6.71. The zero-order valence-corrected chi connectivity index (χ0v) is 12.5. The number of hydrogen-bond donors (Lipinski definition) is 2. The van der Waals surface area contributed by atoms with Gasteiger partial charge in [0.15, 0.2) is 0 Å². The van der Waals surface area contributed by atoms with Crippen LogP contribution in [-0.4, -0.2) is 18.0 Å². The molecule has 0 heterocycles. The Kier molecular flexibility index (Phi) is 5.26. The van der Waals surface area contributed by atoms with Crippen LogP contribution >= 0.6 is 0 Å². The van der Waals surface area contributed by atoms with Crippen molar-refractivity contribution in [3.8, 4) is 0 Å². The average molecular weight is 266 g/mol. The maximum atomic E-state index is 12.5. The summed E-state index contributed by atoms with van der Waals surface area (Å²) < 4.78 is 0. The van der Waals surface area contributed by atoms with Crippen molar-refractivity contribution in [1.82, 2.24) is 5.32 Å². The van der Waals surface area contributed by atoms with E-state index in [1.807, 2.05) is 0 Å². The Hall–Kier alpha value is -0.570. The lowest BCUT2D eigenvalue weighted by molar-refractivity contribution is -0.128. The van der Waals surface area contributed by atoms with Crippen molar-refractivity contribution in [3.63, 3.8) is 0 Å². The van der Waals surface area contributed by atoms with Gasteiger partial charge in [-0.15, -0.1) is 0 Å². The van der Waals surface area contributed by atoms with Gasteiger partial charge in [0.05, 0.1) is 0 Å². The summed E-state index contributed by atoms with van der Waals surface area (Å²) in [6.45, 7) is 4.40. The Morgan fingerprint density at radius 1 is 1.21 bits per heavy atom. The van der Waals surface area contributed by atoms with Gasteiger partial charge in [0.25, 0.3) is 0 Å². The number of carbonyl (C=O) groups excluding carboxylic acids is 1. The van der Waals surface area contributed by atoms with Crippen LogP contribution in [0.3, 0.4) is 0 Å². The van der Waals surface area contributed by atoms with Crippen LogP contribution in [0.4, 0.5) is 0 Å². The summed E-state index contributed by atoms with van der Waals surface area (Å²) in [5.41, 5.74) is 6.10. The summed E-state index contributed by atoms with van der Waals surface area (Å²) in [6.07, 6.45) is 9.39. The minimum Gasteiger partial charge on any atom is -0.353 e. The van der Waals surface area contributed by atoms with E-state index in [1.54, 1.807) is 0 Å². The molecule has 2 fully saturated rings. The molecule has 0 bridgehead atoms. The normalized spacial score (nSPS) is 39.8. The van der Waals surface area contributed by atoms with Gasteiger partial charge in [-0.3, -0.25) is 4.79 Å². The number of rotatable bonds is 3. The SMILES string of the molecule is CCC1CCCC(NC(=O)C2CCCC(N)C2C)C1. The monoisotopic (exact) mass is 266 g/mol. The summed E-state index contributed by atoms with van der Waals surface area (Å²) in [7, 11) is 0. The number of amides is 1. The molecule has 0 aliphatic heterocycles. The Bertz CT molecular complexity index is 305. The third kappa shape index (κ3) is 3.71. The molecule has 5 unspecified atom stereocenters. The maximum Gasteiger partial charge on any atom is 0.223 e. The van der Waals surface area contributed by atoms with Crippen molar-refractivity contribution in [2.45, 2.75) is 77.3 Å². The van der Waals surface area contributed by atoms with E-state index in [0.29, 0.717) is 12.0 Å². The van der Waals surface area contributed by atoms with Crippen molar-refractivity contribution in [2.75, 3.05) is 0 Å². The van der Waals surface area contributed by atoms with E-state index in [-0.39, 0.29) is 17.9 Å². The third-order valence-corrected chi connectivity index (χ3v) is 5.41. The highest BCUT2D eigenvalue weighted by atomic mass is 16.2. The van der Waals surface area contributed by atoms with Crippen LogP contribution in [0, 0.1) is 17.8 Å². The largest absolute Gasteiger partial charge is 0.353 e. The molecule has 110 valence electrons. The number of nitrogens with two attached hydrogens (primary N) is 1. The van der Waals surface area contributed by atoms with Gasteiger partial charge in [-0.05, 0) is 37.5 Å². The highest BCUT2D eigenvalue weighted by Gasteiger charge is 2.34. The summed E-state index contributed by atoms with van der Waals surface area (Å²) >= 11 is 0. The molecule has 2 aliphatic carbocycles. The third-order valence-electron chi connectivity index (χ3n) is 5.41. The first-order valence-electron chi connectivity index (χ1n) is 8.17. The lowest BCUT2D eigenvalue weighted by Crippen LogP contribution is -2.47. The molecule has 0 aromatic heterocycles. The topological polar surface area (TPSA) is 55.1 Å². The maximum absolute atomic E-state index is 12.5. The van der Waals surface area contributed by atoms with Crippen LogP contribution in [0.15, 0.2) is 0 Å². The molecule has 2 saturated carbocycles. The van der Waals surface area contributed by atoms with E-state index in [1.165, 1.54) is 25.7 Å². The first-order chi connectivity index (χ1) is 9.11. The molecule has 2 rings (SSSR count). The zero-order chi connectivity index (χ0) is 13.8. The number of hydrogen-bond acceptors (Lipinski definition) is 2. The Morgan fingerprint density at radius 2 is 1.95 bits per heavy atom. The highest BCUT2D eigenvalue weighted by Crippen LogP contribution is 2.31. The molecule has 5 atom stereocenters. The summed E-state index contributed by atoms with van der Waals surface area (Å²) in [5, 5.41) is 3.31. The van der Waals surface area contributed by atoms with Crippen LogP contribution in [0.5, 0.6) is 0 Å². The molecule has 3 heteroatoms. The van der Waals surface area contributed by atoms with Gasteiger partial charge in [-0.2, -0.15) is 0 Å². The van der Waals surface area contributed by atoms with Crippen LogP contribution in [0.25, 0.3) is 0 Å². The van der Waals surface area contributed by atoms with Crippen LogP contribution < -0.4 is 11.1 Å². The molecule has 0 aromatic carbocycles. The van der Waals surface area contributed by atoms with Crippen molar-refractivity contribution < 1.29 is 4.79 Å². The standard InChI is InChI=1S/C16H30N2O/c1-3-12-6-4-7-13(10-12)18-16(19)14-8-5-9-15(17)11(14)2/h11-15H,3-10,17H2,1-2H3,(H,18,19). The van der Waals surface area contributed by atoms with Gasteiger partial charge in [0, 0.05) is 18.0 Å². The lowest BCUT2D eigenvalue weighted by Gasteiger charge is -2.35. The van der Waals surface area contributed by atoms with Gasteiger partial charge < -0.3 is 11.1 Å². The highest BCUT2D eigenvalue weighted by molar-refractivity contribution is 5.79. The van der Waals surface area contributed by atoms with Gasteiger partial charge in [0.2, 0.25) is 5.91 Å². The number of nitrogens with one attached hydrogen (secondary N) is 1. The van der Waals surface area contributed by atoms with E-state index >= 15 is 0 Å². The summed E-state index contributed by atoms with van der Waals surface area (Å²) in [4.78, 5) is 12.5. The Morgan fingerprint density at radius 3 is 2.68 bits per heavy atom. The minimum atomic E-state index is 0.144. The Labute approximate surface area is 117 Å². The quantitative estimate of drug-likeness (QED) is 0.825. The van der Waals surface area contributed by atoms with Crippen molar-refractivity contribution in [2.24, 2.45) is 23.5 Å². The molecule has 19 heavy (non-hydrogen) atoms. The lowest BCUT2D eigenvalue weighted by atomic mass is 9.76. The predicted octanol–water partition coefficient (Wildman–Crippen LogP) is 2.83. The Balaban J connectivity index is 1.86.